The molecule has 0 fully saturated rings. The lowest BCUT2D eigenvalue weighted by Gasteiger charge is -1.99. The lowest BCUT2D eigenvalue weighted by Crippen LogP contribution is -1.96. The summed E-state index contributed by atoms with van der Waals surface area (Å²) in [6, 6.07) is 0. The first-order valence-electron chi connectivity index (χ1n) is 4.80. The van der Waals surface area contributed by atoms with Gasteiger partial charge in [0.05, 0.1) is 0 Å². The van der Waals surface area contributed by atoms with Crippen molar-refractivity contribution in [1.82, 2.24) is 0 Å². The molecule has 0 aromatic rings. The monoisotopic (exact) mass is 171 g/mol. The second kappa shape index (κ2) is 8.72. The molecule has 2 nitrogen and oxygen atoms in total. The van der Waals surface area contributed by atoms with E-state index in [-0.39, 0.29) is 0 Å². The van der Waals surface area contributed by atoms with Crippen LogP contribution in [0, 0.1) is 0 Å². The fraction of sp³-hybridized carbons (Fsp3) is 0.900. The molecular weight excluding hydrogens is 150 g/mol. The number of nitrogens with zero attached hydrogens (tertiary/aromatic N) is 1. The van der Waals surface area contributed by atoms with Gasteiger partial charge in [0.2, 0.25) is 0 Å². The molecule has 2 heteroatoms. The molecule has 0 aliphatic carbocycles. The summed E-state index contributed by atoms with van der Waals surface area (Å²) in [6.45, 7) is 6.06. The molecule has 0 aromatic heterocycles. The van der Waals surface area contributed by atoms with Gasteiger partial charge >= 0.3 is 0 Å². The van der Waals surface area contributed by atoms with Gasteiger partial charge in [0.15, 0.2) is 0 Å². The summed E-state index contributed by atoms with van der Waals surface area (Å²) in [6.07, 6.45) is 4.72. The van der Waals surface area contributed by atoms with Crippen molar-refractivity contribution in [2.75, 3.05) is 20.3 Å². The van der Waals surface area contributed by atoms with Crippen molar-refractivity contribution >= 4 is 5.71 Å². The van der Waals surface area contributed by atoms with E-state index >= 15 is 0 Å². The summed E-state index contributed by atoms with van der Waals surface area (Å²) in [5, 5.41) is 0. The fourth-order valence-electron chi connectivity index (χ4n) is 0.990. The number of hydrogen-bond donors (Lipinski definition) is 0. The second-order valence-corrected chi connectivity index (χ2v) is 3.07. The SMILES string of the molecule is CCCCC(C)=NCCCOC. The largest absolute Gasteiger partial charge is 0.385 e. The predicted octanol–water partition coefficient (Wildman–Crippen LogP) is 2.67. The van der Waals surface area contributed by atoms with Gasteiger partial charge in [-0.15, -0.1) is 0 Å². The molecule has 0 bridgehead atoms. The van der Waals surface area contributed by atoms with Gasteiger partial charge in [-0.1, -0.05) is 13.3 Å². The summed E-state index contributed by atoms with van der Waals surface area (Å²) >= 11 is 0. The Morgan fingerprint density at radius 1 is 1.33 bits per heavy atom. The number of unbranched alkanes of at least 4 members (excludes halogenated alkanes) is 1. The smallest absolute Gasteiger partial charge is 0.0479 e. The Morgan fingerprint density at radius 3 is 2.67 bits per heavy atom. The molecule has 0 radical (unpaired) electrons. The molecule has 0 saturated carbocycles. The molecule has 0 N–H and O–H groups in total. The topological polar surface area (TPSA) is 21.6 Å². The van der Waals surface area contributed by atoms with Gasteiger partial charge in [0, 0.05) is 26.0 Å². The average Bonchev–Trinajstić information content (AvgIpc) is 2.09. The minimum Gasteiger partial charge on any atom is -0.385 e. The van der Waals surface area contributed by atoms with Crippen LogP contribution < -0.4 is 0 Å². The normalized spacial score (nSPS) is 12.1. The molecule has 0 aromatic carbocycles. The highest BCUT2D eigenvalue weighted by Gasteiger charge is 1.90. The Balaban J connectivity index is 3.28. The van der Waals surface area contributed by atoms with E-state index in [9.17, 15) is 0 Å². The van der Waals surface area contributed by atoms with Crippen LogP contribution in [0.2, 0.25) is 0 Å². The quantitative estimate of drug-likeness (QED) is 0.426. The standard InChI is InChI=1S/C10H21NO/c1-4-5-7-10(2)11-8-6-9-12-3/h4-9H2,1-3H3. The van der Waals surface area contributed by atoms with Crippen LogP contribution in [0.15, 0.2) is 4.99 Å². The first-order valence-corrected chi connectivity index (χ1v) is 4.80. The molecule has 0 unspecified atom stereocenters. The van der Waals surface area contributed by atoms with Crippen molar-refractivity contribution in [3.8, 4) is 0 Å². The molecule has 0 spiro atoms. The highest BCUT2D eigenvalue weighted by atomic mass is 16.5. The third-order valence-electron chi connectivity index (χ3n) is 1.78. The highest BCUT2D eigenvalue weighted by molar-refractivity contribution is 5.81. The number of hydrogen-bond acceptors (Lipinski definition) is 2. The molecule has 0 saturated heterocycles. The van der Waals surface area contributed by atoms with Crippen molar-refractivity contribution in [2.24, 2.45) is 4.99 Å². The zero-order valence-electron chi connectivity index (χ0n) is 8.60. The van der Waals surface area contributed by atoms with E-state index in [1.165, 1.54) is 18.6 Å². The molecule has 0 heterocycles. The third-order valence-corrected chi connectivity index (χ3v) is 1.78. The van der Waals surface area contributed by atoms with Crippen LogP contribution in [0.4, 0.5) is 0 Å². The van der Waals surface area contributed by atoms with E-state index in [1.54, 1.807) is 7.11 Å². The lowest BCUT2D eigenvalue weighted by molar-refractivity contribution is 0.197. The Hall–Kier alpha value is -0.370. The van der Waals surface area contributed by atoms with Crippen molar-refractivity contribution < 1.29 is 4.74 Å². The van der Waals surface area contributed by atoms with Gasteiger partial charge in [0.25, 0.3) is 0 Å². The van der Waals surface area contributed by atoms with Crippen molar-refractivity contribution in [1.29, 1.82) is 0 Å². The number of ether oxygens (including phenoxy) is 1. The maximum absolute atomic E-state index is 4.94. The van der Waals surface area contributed by atoms with Crippen LogP contribution >= 0.6 is 0 Å². The van der Waals surface area contributed by atoms with Gasteiger partial charge in [-0.25, -0.2) is 0 Å². The minimum atomic E-state index is 0.824. The molecule has 72 valence electrons. The van der Waals surface area contributed by atoms with Crippen molar-refractivity contribution in [2.45, 2.75) is 39.5 Å². The van der Waals surface area contributed by atoms with E-state index in [4.69, 9.17) is 4.74 Å². The molecule has 0 rings (SSSR count). The summed E-state index contributed by atoms with van der Waals surface area (Å²) < 4.78 is 4.94. The first kappa shape index (κ1) is 11.6. The maximum atomic E-state index is 4.94. The van der Waals surface area contributed by atoms with Crippen molar-refractivity contribution in [3.63, 3.8) is 0 Å². The minimum absolute atomic E-state index is 0.824. The Labute approximate surface area is 76.0 Å². The van der Waals surface area contributed by atoms with E-state index < -0.39 is 0 Å². The van der Waals surface area contributed by atoms with Gasteiger partial charge in [-0.2, -0.15) is 0 Å². The van der Waals surface area contributed by atoms with Crippen LogP contribution in [0.1, 0.15) is 39.5 Å². The van der Waals surface area contributed by atoms with Crippen LogP contribution in [0.3, 0.4) is 0 Å². The van der Waals surface area contributed by atoms with Crippen molar-refractivity contribution in [3.05, 3.63) is 0 Å². The third kappa shape index (κ3) is 7.73. The lowest BCUT2D eigenvalue weighted by atomic mass is 10.2. The molecule has 0 atom stereocenters. The van der Waals surface area contributed by atoms with Crippen LogP contribution in [-0.4, -0.2) is 26.0 Å². The first-order chi connectivity index (χ1) is 5.81. The fourth-order valence-corrected chi connectivity index (χ4v) is 0.990. The number of aliphatic imine (C=N–C) groups is 1. The van der Waals surface area contributed by atoms with E-state index in [0.717, 1.165) is 26.0 Å². The highest BCUT2D eigenvalue weighted by Crippen LogP contribution is 1.97. The molecule has 0 aliphatic rings. The van der Waals surface area contributed by atoms with Gasteiger partial charge in [-0.3, -0.25) is 4.99 Å². The van der Waals surface area contributed by atoms with Gasteiger partial charge in [0.1, 0.15) is 0 Å². The number of methoxy groups -OCH3 is 1. The molecule has 12 heavy (non-hydrogen) atoms. The second-order valence-electron chi connectivity index (χ2n) is 3.07. The maximum Gasteiger partial charge on any atom is 0.0479 e. The van der Waals surface area contributed by atoms with E-state index in [1.807, 2.05) is 0 Å². The van der Waals surface area contributed by atoms with Crippen LogP contribution in [0.5, 0.6) is 0 Å². The van der Waals surface area contributed by atoms with E-state index in [0.29, 0.717) is 0 Å². The van der Waals surface area contributed by atoms with Crippen LogP contribution in [-0.2, 0) is 4.74 Å². The molecule has 0 amide bonds. The van der Waals surface area contributed by atoms with E-state index in [2.05, 4.69) is 18.8 Å². The Kier molecular flexibility index (Phi) is 8.46. The average molecular weight is 171 g/mol. The Bertz CT molecular complexity index is 121. The predicted molar refractivity (Wildman–Crippen MR) is 54.0 cm³/mol. The summed E-state index contributed by atoms with van der Waals surface area (Å²) in [7, 11) is 1.73. The zero-order valence-corrected chi connectivity index (χ0v) is 8.60. The van der Waals surface area contributed by atoms with Gasteiger partial charge in [-0.05, 0) is 26.2 Å². The Morgan fingerprint density at radius 2 is 2.08 bits per heavy atom. The van der Waals surface area contributed by atoms with Crippen LogP contribution in [0.25, 0.3) is 0 Å². The molecular formula is C10H21NO. The van der Waals surface area contributed by atoms with Gasteiger partial charge < -0.3 is 4.74 Å². The zero-order chi connectivity index (χ0) is 9.23. The molecule has 0 aliphatic heterocycles. The summed E-state index contributed by atoms with van der Waals surface area (Å²) in [5.41, 5.74) is 1.29. The summed E-state index contributed by atoms with van der Waals surface area (Å²) in [4.78, 5) is 4.44. The summed E-state index contributed by atoms with van der Waals surface area (Å²) in [5.74, 6) is 0. The number of rotatable bonds is 7.